The van der Waals surface area contributed by atoms with Gasteiger partial charge in [-0.15, -0.1) is 0 Å². The van der Waals surface area contributed by atoms with Crippen LogP contribution in [0.5, 0.6) is 0 Å². The number of aromatic nitrogens is 2. The number of aromatic carboxylic acids is 1. The summed E-state index contributed by atoms with van der Waals surface area (Å²) in [4.78, 5) is 21.3. The van der Waals surface area contributed by atoms with E-state index in [0.29, 0.717) is 12.4 Å². The molecule has 0 aliphatic carbocycles. The molecule has 6 nitrogen and oxygen atoms in total. The molecule has 1 aliphatic rings. The van der Waals surface area contributed by atoms with Crippen LogP contribution in [0.1, 0.15) is 47.3 Å². The quantitative estimate of drug-likeness (QED) is 0.841. The first-order chi connectivity index (χ1) is 12.2. The number of carboxylic acids is 1. The van der Waals surface area contributed by atoms with E-state index in [-0.39, 0.29) is 5.69 Å². The lowest BCUT2D eigenvalue weighted by atomic mass is 10.1. The number of carboxylic acid groups (broad SMARTS) is 1. The van der Waals surface area contributed by atoms with Gasteiger partial charge in [0.05, 0.1) is 12.4 Å². The first kappa shape index (κ1) is 17.4. The summed E-state index contributed by atoms with van der Waals surface area (Å²) in [6, 6.07) is 8.43. The standard InChI is InChI=1S/C19H24N4O2/c24-19(25)17-12-22-18(13-20-17)21-11-15-7-3-4-8-16(15)14-23-9-5-1-2-6-10-23/h3-4,7-8,12-13H,1-2,5-6,9-11,14H2,(H,21,22)(H,24,25). The van der Waals surface area contributed by atoms with Crippen LogP contribution >= 0.6 is 0 Å². The van der Waals surface area contributed by atoms with Crippen LogP contribution in [0.25, 0.3) is 0 Å². The Morgan fingerprint density at radius 2 is 1.76 bits per heavy atom. The number of hydrogen-bond donors (Lipinski definition) is 2. The van der Waals surface area contributed by atoms with Gasteiger partial charge in [-0.1, -0.05) is 37.1 Å². The third-order valence-corrected chi connectivity index (χ3v) is 4.54. The van der Waals surface area contributed by atoms with Crippen molar-refractivity contribution in [2.45, 2.75) is 38.8 Å². The predicted molar refractivity (Wildman–Crippen MR) is 96.5 cm³/mol. The van der Waals surface area contributed by atoms with Crippen molar-refractivity contribution in [3.63, 3.8) is 0 Å². The summed E-state index contributed by atoms with van der Waals surface area (Å²) in [5, 5.41) is 12.1. The molecule has 132 valence electrons. The lowest BCUT2D eigenvalue weighted by Gasteiger charge is -2.21. The van der Waals surface area contributed by atoms with Gasteiger partial charge in [-0.2, -0.15) is 0 Å². The Kier molecular flexibility index (Phi) is 5.95. The van der Waals surface area contributed by atoms with Crippen molar-refractivity contribution in [1.29, 1.82) is 0 Å². The van der Waals surface area contributed by atoms with E-state index < -0.39 is 5.97 Å². The Bertz CT molecular complexity index is 695. The summed E-state index contributed by atoms with van der Waals surface area (Å²) >= 11 is 0. The summed E-state index contributed by atoms with van der Waals surface area (Å²) in [5.74, 6) is -0.489. The number of nitrogens with zero attached hydrogens (tertiary/aromatic N) is 3. The van der Waals surface area contributed by atoms with Crippen LogP contribution < -0.4 is 5.32 Å². The average Bonchev–Trinajstić information content (AvgIpc) is 2.90. The van der Waals surface area contributed by atoms with Gasteiger partial charge in [-0.05, 0) is 37.1 Å². The molecule has 2 aromatic rings. The Morgan fingerprint density at radius 3 is 2.40 bits per heavy atom. The Balaban J connectivity index is 1.63. The van der Waals surface area contributed by atoms with Gasteiger partial charge in [0.25, 0.3) is 0 Å². The molecule has 2 N–H and O–H groups in total. The molecule has 0 atom stereocenters. The van der Waals surface area contributed by atoms with Crippen molar-refractivity contribution in [2.75, 3.05) is 18.4 Å². The van der Waals surface area contributed by atoms with Gasteiger partial charge in [-0.3, -0.25) is 4.90 Å². The van der Waals surface area contributed by atoms with Gasteiger partial charge in [0.2, 0.25) is 0 Å². The SMILES string of the molecule is O=C(O)c1cnc(NCc2ccccc2CN2CCCCCC2)cn1. The summed E-state index contributed by atoms with van der Waals surface area (Å²) < 4.78 is 0. The van der Waals surface area contributed by atoms with Crippen LogP contribution in [0.4, 0.5) is 5.82 Å². The zero-order chi connectivity index (χ0) is 17.5. The molecule has 1 fully saturated rings. The average molecular weight is 340 g/mol. The fourth-order valence-corrected chi connectivity index (χ4v) is 3.13. The first-order valence-corrected chi connectivity index (χ1v) is 8.81. The lowest BCUT2D eigenvalue weighted by molar-refractivity contribution is 0.0690. The molecular weight excluding hydrogens is 316 g/mol. The maximum Gasteiger partial charge on any atom is 0.356 e. The fourth-order valence-electron chi connectivity index (χ4n) is 3.13. The zero-order valence-corrected chi connectivity index (χ0v) is 14.3. The molecule has 0 amide bonds. The van der Waals surface area contributed by atoms with Crippen molar-refractivity contribution in [1.82, 2.24) is 14.9 Å². The number of hydrogen-bond acceptors (Lipinski definition) is 5. The largest absolute Gasteiger partial charge is 0.476 e. The first-order valence-electron chi connectivity index (χ1n) is 8.81. The number of rotatable bonds is 6. The highest BCUT2D eigenvalue weighted by Crippen LogP contribution is 2.17. The van der Waals surface area contributed by atoms with Crippen LogP contribution in [0.3, 0.4) is 0 Å². The van der Waals surface area contributed by atoms with Gasteiger partial charge in [0.1, 0.15) is 5.82 Å². The van der Waals surface area contributed by atoms with Crippen LogP contribution in [0.15, 0.2) is 36.7 Å². The van der Waals surface area contributed by atoms with Crippen LogP contribution in [0, 0.1) is 0 Å². The van der Waals surface area contributed by atoms with Gasteiger partial charge >= 0.3 is 5.97 Å². The predicted octanol–water partition coefficient (Wildman–Crippen LogP) is 3.16. The Labute approximate surface area is 147 Å². The minimum absolute atomic E-state index is 0.0490. The monoisotopic (exact) mass is 340 g/mol. The molecule has 0 saturated carbocycles. The van der Waals surface area contributed by atoms with Crippen LogP contribution in [-0.4, -0.2) is 39.0 Å². The third kappa shape index (κ3) is 5.00. The molecular formula is C19H24N4O2. The maximum absolute atomic E-state index is 10.8. The second kappa shape index (κ2) is 8.58. The number of likely N-dealkylation sites (tertiary alicyclic amines) is 1. The highest BCUT2D eigenvalue weighted by molar-refractivity contribution is 5.84. The lowest BCUT2D eigenvalue weighted by Crippen LogP contribution is -2.24. The van der Waals surface area contributed by atoms with E-state index in [0.717, 1.165) is 6.54 Å². The number of nitrogens with one attached hydrogen (secondary N) is 1. The summed E-state index contributed by atoms with van der Waals surface area (Å²) in [6.07, 6.45) is 7.97. The summed E-state index contributed by atoms with van der Waals surface area (Å²) in [7, 11) is 0. The van der Waals surface area contributed by atoms with Crippen LogP contribution in [-0.2, 0) is 13.1 Å². The molecule has 0 radical (unpaired) electrons. The second-order valence-electron chi connectivity index (χ2n) is 6.40. The second-order valence-corrected chi connectivity index (χ2v) is 6.40. The van der Waals surface area contributed by atoms with Crippen molar-refractivity contribution in [3.05, 3.63) is 53.5 Å². The van der Waals surface area contributed by atoms with E-state index in [9.17, 15) is 4.79 Å². The van der Waals surface area contributed by atoms with Gasteiger partial charge in [0.15, 0.2) is 5.69 Å². The Morgan fingerprint density at radius 1 is 1.04 bits per heavy atom. The highest BCUT2D eigenvalue weighted by atomic mass is 16.4. The normalized spacial score (nSPS) is 15.5. The van der Waals surface area contributed by atoms with E-state index in [2.05, 4.69) is 38.4 Å². The Hall–Kier alpha value is -2.47. The fraction of sp³-hybridized carbons (Fsp3) is 0.421. The number of anilines is 1. The topological polar surface area (TPSA) is 78.3 Å². The maximum atomic E-state index is 10.8. The number of benzene rings is 1. The zero-order valence-electron chi connectivity index (χ0n) is 14.3. The van der Waals surface area contributed by atoms with E-state index in [4.69, 9.17) is 5.11 Å². The molecule has 25 heavy (non-hydrogen) atoms. The van der Waals surface area contributed by atoms with Crippen LogP contribution in [0.2, 0.25) is 0 Å². The van der Waals surface area contributed by atoms with Crippen molar-refractivity contribution >= 4 is 11.8 Å². The minimum atomic E-state index is -1.07. The molecule has 6 heteroatoms. The molecule has 2 heterocycles. The van der Waals surface area contributed by atoms with E-state index in [1.807, 2.05) is 6.07 Å². The van der Waals surface area contributed by atoms with E-state index >= 15 is 0 Å². The third-order valence-electron chi connectivity index (χ3n) is 4.54. The molecule has 1 aromatic carbocycles. The molecule has 1 aliphatic heterocycles. The smallest absolute Gasteiger partial charge is 0.356 e. The summed E-state index contributed by atoms with van der Waals surface area (Å²) in [6.45, 7) is 3.96. The highest BCUT2D eigenvalue weighted by Gasteiger charge is 2.12. The van der Waals surface area contributed by atoms with Gasteiger partial charge in [-0.25, -0.2) is 14.8 Å². The summed E-state index contributed by atoms with van der Waals surface area (Å²) in [5.41, 5.74) is 2.51. The van der Waals surface area contributed by atoms with Gasteiger partial charge < -0.3 is 10.4 Å². The molecule has 0 bridgehead atoms. The van der Waals surface area contributed by atoms with Crippen molar-refractivity contribution in [3.8, 4) is 0 Å². The van der Waals surface area contributed by atoms with E-state index in [1.165, 1.54) is 62.3 Å². The molecule has 0 spiro atoms. The number of carbonyl (C=O) groups is 1. The van der Waals surface area contributed by atoms with Crippen molar-refractivity contribution < 1.29 is 9.90 Å². The molecule has 1 saturated heterocycles. The molecule has 3 rings (SSSR count). The van der Waals surface area contributed by atoms with E-state index in [1.54, 1.807) is 0 Å². The molecule has 1 aromatic heterocycles. The van der Waals surface area contributed by atoms with Gasteiger partial charge in [0, 0.05) is 13.1 Å². The van der Waals surface area contributed by atoms with Crippen molar-refractivity contribution in [2.24, 2.45) is 0 Å². The minimum Gasteiger partial charge on any atom is -0.476 e. The molecule has 0 unspecified atom stereocenters.